The van der Waals surface area contributed by atoms with Gasteiger partial charge >= 0.3 is 0 Å². The Labute approximate surface area is 397 Å². The minimum atomic E-state index is -0.321. The van der Waals surface area contributed by atoms with Crippen molar-refractivity contribution in [2.45, 2.75) is 26.2 Å². The van der Waals surface area contributed by atoms with Gasteiger partial charge in [-0.2, -0.15) is 0 Å². The van der Waals surface area contributed by atoms with Crippen molar-refractivity contribution >= 4 is 44.0 Å². The van der Waals surface area contributed by atoms with Crippen molar-refractivity contribution in [2.24, 2.45) is 0 Å². The maximum absolute atomic E-state index is 5.27. The average molecular weight is 873 g/mol. The molecule has 0 unspecified atom stereocenters. The summed E-state index contributed by atoms with van der Waals surface area (Å²) in [7, 11) is 0. The van der Waals surface area contributed by atoms with Gasteiger partial charge in [0.2, 0.25) is 0 Å². The highest BCUT2D eigenvalue weighted by molar-refractivity contribution is 6.00. The van der Waals surface area contributed by atoms with Crippen LogP contribution in [0.3, 0.4) is 0 Å². The standard InChI is InChI=1S/C64H48N4/c1-5-17-43-18-6-10-25-51(43)42(2)58-40-59(55-29-14-22-44-19-7-11-26-52(44)55)66-62(65-58)47-32-36-49(37-33-47)64(3,4)50-38-34-48(35-39-50)63-67-60(56-30-15-23-45-20-8-12-27-53(45)56)41-61(68-63)57-31-16-24-46-21-9-13-28-54(46)57/h5-41H,2H2,1,3-4H3/b17-5-. The Hall–Kier alpha value is -8.60. The molecule has 0 bridgehead atoms. The molecule has 324 valence electrons. The van der Waals surface area contributed by atoms with E-state index in [-0.39, 0.29) is 5.41 Å². The molecule has 0 saturated heterocycles. The third kappa shape index (κ3) is 7.86. The summed E-state index contributed by atoms with van der Waals surface area (Å²) in [5, 5.41) is 6.98. The fourth-order valence-electron chi connectivity index (χ4n) is 9.54. The molecule has 9 aromatic carbocycles. The van der Waals surface area contributed by atoms with Crippen molar-refractivity contribution < 1.29 is 0 Å². The first-order valence-electron chi connectivity index (χ1n) is 23.2. The Balaban J connectivity index is 0.951. The van der Waals surface area contributed by atoms with Gasteiger partial charge in [-0.15, -0.1) is 0 Å². The molecule has 4 heteroatoms. The van der Waals surface area contributed by atoms with Gasteiger partial charge in [0.15, 0.2) is 11.6 Å². The third-order valence-corrected chi connectivity index (χ3v) is 13.3. The van der Waals surface area contributed by atoms with E-state index >= 15 is 0 Å². The lowest BCUT2D eigenvalue weighted by molar-refractivity contribution is 0.641. The molecule has 2 heterocycles. The number of hydrogen-bond acceptors (Lipinski definition) is 4. The van der Waals surface area contributed by atoms with Gasteiger partial charge in [-0.3, -0.25) is 0 Å². The van der Waals surface area contributed by atoms with Crippen LogP contribution >= 0.6 is 0 Å². The summed E-state index contributed by atoms with van der Waals surface area (Å²) in [5.74, 6) is 1.34. The Morgan fingerprint density at radius 1 is 0.426 bits per heavy atom. The molecule has 4 nitrogen and oxygen atoms in total. The predicted molar refractivity (Wildman–Crippen MR) is 285 cm³/mol. The lowest BCUT2D eigenvalue weighted by atomic mass is 9.77. The third-order valence-electron chi connectivity index (χ3n) is 13.3. The zero-order valence-electron chi connectivity index (χ0n) is 38.4. The molecule has 11 rings (SSSR count). The van der Waals surface area contributed by atoms with E-state index in [2.05, 4.69) is 245 Å². The van der Waals surface area contributed by atoms with Crippen LogP contribution < -0.4 is 0 Å². The fourth-order valence-corrected chi connectivity index (χ4v) is 9.54. The molecule has 0 aliphatic carbocycles. The molecule has 0 fully saturated rings. The van der Waals surface area contributed by atoms with Crippen LogP contribution in [0.4, 0.5) is 0 Å². The van der Waals surface area contributed by atoms with Crippen LogP contribution in [0.15, 0.2) is 225 Å². The maximum Gasteiger partial charge on any atom is 0.160 e. The Morgan fingerprint density at radius 2 is 0.824 bits per heavy atom. The highest BCUT2D eigenvalue weighted by Gasteiger charge is 2.24. The molecule has 0 saturated carbocycles. The largest absolute Gasteiger partial charge is 0.228 e. The molecule has 68 heavy (non-hydrogen) atoms. The summed E-state index contributed by atoms with van der Waals surface area (Å²) < 4.78 is 0. The van der Waals surface area contributed by atoms with Gasteiger partial charge in [0.05, 0.1) is 22.8 Å². The van der Waals surface area contributed by atoms with Gasteiger partial charge in [0.25, 0.3) is 0 Å². The summed E-state index contributed by atoms with van der Waals surface area (Å²) in [4.78, 5) is 21.0. The lowest BCUT2D eigenvalue weighted by Crippen LogP contribution is -2.18. The molecule has 0 aliphatic rings. The van der Waals surface area contributed by atoms with Gasteiger partial charge in [0.1, 0.15) is 0 Å². The molecule has 0 atom stereocenters. The Kier molecular flexibility index (Phi) is 10.9. The summed E-state index contributed by atoms with van der Waals surface area (Å²) in [6.45, 7) is 11.2. The number of nitrogens with zero attached hydrogens (tertiary/aromatic N) is 4. The molecule has 0 spiro atoms. The first-order chi connectivity index (χ1) is 33.3. The van der Waals surface area contributed by atoms with Crippen molar-refractivity contribution in [2.75, 3.05) is 0 Å². The summed E-state index contributed by atoms with van der Waals surface area (Å²) in [6.07, 6.45) is 4.17. The van der Waals surface area contributed by atoms with Gasteiger partial charge < -0.3 is 0 Å². The maximum atomic E-state index is 5.27. The number of aromatic nitrogens is 4. The van der Waals surface area contributed by atoms with Crippen LogP contribution in [0.25, 0.3) is 101 Å². The monoisotopic (exact) mass is 872 g/mol. The van der Waals surface area contributed by atoms with Crippen molar-refractivity contribution in [1.82, 2.24) is 19.9 Å². The topological polar surface area (TPSA) is 51.6 Å². The van der Waals surface area contributed by atoms with Crippen LogP contribution in [0.5, 0.6) is 0 Å². The number of rotatable bonds is 10. The Bertz CT molecular complexity index is 3620. The number of hydrogen-bond donors (Lipinski definition) is 0. The number of benzene rings is 9. The molecule has 2 aromatic heterocycles. The number of allylic oxidation sites excluding steroid dienone is 1. The molecule has 0 radical (unpaired) electrons. The Morgan fingerprint density at radius 3 is 1.29 bits per heavy atom. The second kappa shape index (κ2) is 17.7. The van der Waals surface area contributed by atoms with Crippen molar-refractivity contribution in [3.8, 4) is 56.5 Å². The van der Waals surface area contributed by atoms with E-state index in [9.17, 15) is 0 Å². The predicted octanol–water partition coefficient (Wildman–Crippen LogP) is 16.5. The van der Waals surface area contributed by atoms with Crippen LogP contribution in [0.1, 0.15) is 48.7 Å². The zero-order valence-corrected chi connectivity index (χ0v) is 38.4. The average Bonchev–Trinajstić information content (AvgIpc) is 3.40. The first kappa shape index (κ1) is 42.1. The van der Waals surface area contributed by atoms with E-state index in [0.717, 1.165) is 88.8 Å². The minimum absolute atomic E-state index is 0.321. The quantitative estimate of drug-likeness (QED) is 0.137. The van der Waals surface area contributed by atoms with E-state index in [0.29, 0.717) is 11.6 Å². The van der Waals surface area contributed by atoms with Gasteiger partial charge in [-0.05, 0) is 73.6 Å². The van der Waals surface area contributed by atoms with E-state index in [4.69, 9.17) is 19.9 Å². The molecular weight excluding hydrogens is 825 g/mol. The molecule has 11 aromatic rings. The van der Waals surface area contributed by atoms with Gasteiger partial charge in [0, 0.05) is 38.8 Å². The highest BCUT2D eigenvalue weighted by atomic mass is 14.9. The van der Waals surface area contributed by atoms with Crippen molar-refractivity contribution in [3.63, 3.8) is 0 Å². The van der Waals surface area contributed by atoms with E-state index in [1.807, 2.05) is 6.92 Å². The van der Waals surface area contributed by atoms with Crippen LogP contribution in [0.2, 0.25) is 0 Å². The summed E-state index contributed by atoms with van der Waals surface area (Å²) in [6, 6.07) is 74.7. The number of fused-ring (bicyclic) bond motifs is 3. The second-order valence-corrected chi connectivity index (χ2v) is 17.8. The van der Waals surface area contributed by atoms with Crippen molar-refractivity contribution in [1.29, 1.82) is 0 Å². The zero-order chi connectivity index (χ0) is 46.2. The minimum Gasteiger partial charge on any atom is -0.228 e. The highest BCUT2D eigenvalue weighted by Crippen LogP contribution is 2.38. The second-order valence-electron chi connectivity index (χ2n) is 17.8. The SMILES string of the molecule is C=C(c1cc(-c2cccc3ccccc23)nc(-c2ccc(C(C)(C)c3ccc(-c4nc(-c5cccc6ccccc56)cc(-c5cccc6ccccc56)n4)cc3)cc2)n1)c1ccccc1/C=C\C. The molecule has 0 aliphatic heterocycles. The first-order valence-corrected chi connectivity index (χ1v) is 23.2. The van der Waals surface area contributed by atoms with Crippen LogP contribution in [-0.4, -0.2) is 19.9 Å². The normalized spacial score (nSPS) is 11.8. The lowest BCUT2D eigenvalue weighted by Gasteiger charge is -2.26. The van der Waals surface area contributed by atoms with E-state index < -0.39 is 0 Å². The summed E-state index contributed by atoms with van der Waals surface area (Å²) in [5.41, 5.74) is 13.5. The molecule has 0 amide bonds. The van der Waals surface area contributed by atoms with Crippen molar-refractivity contribution in [3.05, 3.63) is 253 Å². The van der Waals surface area contributed by atoms with Crippen LogP contribution in [0, 0.1) is 0 Å². The van der Waals surface area contributed by atoms with E-state index in [1.165, 1.54) is 21.9 Å². The summed E-state index contributed by atoms with van der Waals surface area (Å²) >= 11 is 0. The fraction of sp³-hybridized carbons (Fsp3) is 0.0625. The van der Waals surface area contributed by atoms with Gasteiger partial charge in [-0.25, -0.2) is 19.9 Å². The smallest absolute Gasteiger partial charge is 0.160 e. The molecular formula is C64H48N4. The molecule has 0 N–H and O–H groups in total. The van der Waals surface area contributed by atoms with Crippen LogP contribution in [-0.2, 0) is 5.41 Å². The van der Waals surface area contributed by atoms with Gasteiger partial charge in [-0.1, -0.05) is 233 Å². The van der Waals surface area contributed by atoms with E-state index in [1.54, 1.807) is 0 Å².